The molecule has 2 heterocycles. The second-order valence-corrected chi connectivity index (χ2v) is 4.44. The van der Waals surface area contributed by atoms with Crippen LogP contribution >= 0.6 is 15.9 Å². The zero-order chi connectivity index (χ0) is 10.8. The Morgan fingerprint density at radius 2 is 2.47 bits per heavy atom. The molecule has 1 fully saturated rings. The van der Waals surface area contributed by atoms with E-state index in [2.05, 4.69) is 27.0 Å². The zero-order valence-corrected chi connectivity index (χ0v) is 9.61. The van der Waals surface area contributed by atoms with Crippen LogP contribution in [0.1, 0.15) is 12.0 Å². The summed E-state index contributed by atoms with van der Waals surface area (Å²) in [5.74, 6) is 0.664. The third kappa shape index (κ3) is 2.11. The van der Waals surface area contributed by atoms with Gasteiger partial charge in [-0.25, -0.2) is 4.98 Å². The fraction of sp³-hybridized carbons (Fsp3) is 0.400. The number of anilines is 1. The SMILES string of the molecule is N#Cc1cc(Br)cnc1N1CC[C@@H](O)C1. The fourth-order valence-corrected chi connectivity index (χ4v) is 2.03. The number of nitrogens with zero attached hydrogens (tertiary/aromatic N) is 3. The van der Waals surface area contributed by atoms with Crippen molar-refractivity contribution in [1.29, 1.82) is 5.26 Å². The van der Waals surface area contributed by atoms with Crippen LogP contribution in [0.3, 0.4) is 0 Å². The molecule has 0 radical (unpaired) electrons. The van der Waals surface area contributed by atoms with Crippen LogP contribution in [0.4, 0.5) is 5.82 Å². The molecular formula is C10H10BrN3O. The van der Waals surface area contributed by atoms with Crippen molar-refractivity contribution in [3.63, 3.8) is 0 Å². The number of rotatable bonds is 1. The lowest BCUT2D eigenvalue weighted by Crippen LogP contribution is -2.23. The predicted molar refractivity (Wildman–Crippen MR) is 59.5 cm³/mol. The number of aromatic nitrogens is 1. The van der Waals surface area contributed by atoms with E-state index in [0.29, 0.717) is 17.9 Å². The van der Waals surface area contributed by atoms with E-state index in [0.717, 1.165) is 17.4 Å². The third-order valence-corrected chi connectivity index (χ3v) is 2.85. The average Bonchev–Trinajstić information content (AvgIpc) is 2.64. The van der Waals surface area contributed by atoms with Gasteiger partial charge in [-0.1, -0.05) is 0 Å². The smallest absolute Gasteiger partial charge is 0.146 e. The molecule has 0 aliphatic carbocycles. The first-order chi connectivity index (χ1) is 7.20. The van der Waals surface area contributed by atoms with E-state index in [1.165, 1.54) is 0 Å². The molecule has 78 valence electrons. The standard InChI is InChI=1S/C10H10BrN3O/c11-8-3-7(4-12)10(13-5-8)14-2-1-9(15)6-14/h3,5,9,15H,1-2,6H2/t9-/m1/s1. The molecule has 15 heavy (non-hydrogen) atoms. The molecule has 0 saturated carbocycles. The highest BCUT2D eigenvalue weighted by Crippen LogP contribution is 2.24. The first-order valence-corrected chi connectivity index (χ1v) is 5.48. The molecule has 4 nitrogen and oxygen atoms in total. The van der Waals surface area contributed by atoms with Crippen LogP contribution in [0.5, 0.6) is 0 Å². The second kappa shape index (κ2) is 4.17. The molecule has 0 unspecified atom stereocenters. The molecule has 1 aliphatic rings. The molecule has 1 atom stereocenters. The van der Waals surface area contributed by atoms with Gasteiger partial charge < -0.3 is 10.0 Å². The number of β-amino-alcohol motifs (C(OH)–C–C–N with tert-alkyl or cyclic N) is 1. The van der Waals surface area contributed by atoms with Gasteiger partial charge in [0, 0.05) is 23.8 Å². The van der Waals surface area contributed by atoms with Gasteiger partial charge in [-0.05, 0) is 28.4 Å². The zero-order valence-electron chi connectivity index (χ0n) is 8.02. The Hall–Kier alpha value is -1.12. The minimum Gasteiger partial charge on any atom is -0.391 e. The van der Waals surface area contributed by atoms with E-state index in [4.69, 9.17) is 5.26 Å². The quantitative estimate of drug-likeness (QED) is 0.833. The summed E-state index contributed by atoms with van der Waals surface area (Å²) < 4.78 is 0.794. The summed E-state index contributed by atoms with van der Waals surface area (Å²) in [6.07, 6.45) is 2.10. The number of hydrogen-bond acceptors (Lipinski definition) is 4. The summed E-state index contributed by atoms with van der Waals surface area (Å²) in [6, 6.07) is 3.86. The Morgan fingerprint density at radius 3 is 3.07 bits per heavy atom. The Bertz CT molecular complexity index is 416. The van der Waals surface area contributed by atoms with Crippen LogP contribution < -0.4 is 4.90 Å². The topological polar surface area (TPSA) is 60.2 Å². The molecule has 0 amide bonds. The molecule has 1 N–H and O–H groups in total. The third-order valence-electron chi connectivity index (χ3n) is 2.42. The van der Waals surface area contributed by atoms with E-state index in [-0.39, 0.29) is 6.10 Å². The van der Waals surface area contributed by atoms with Crippen molar-refractivity contribution in [2.75, 3.05) is 18.0 Å². The number of pyridine rings is 1. The van der Waals surface area contributed by atoms with Crippen molar-refractivity contribution < 1.29 is 5.11 Å². The average molecular weight is 268 g/mol. The van der Waals surface area contributed by atoms with E-state index in [9.17, 15) is 5.11 Å². The molecule has 1 aromatic rings. The lowest BCUT2D eigenvalue weighted by Gasteiger charge is -2.17. The summed E-state index contributed by atoms with van der Waals surface area (Å²) in [7, 11) is 0. The van der Waals surface area contributed by atoms with Gasteiger partial charge in [0.1, 0.15) is 11.9 Å². The maximum atomic E-state index is 9.42. The highest BCUT2D eigenvalue weighted by Gasteiger charge is 2.23. The lowest BCUT2D eigenvalue weighted by molar-refractivity contribution is 0.198. The number of halogens is 1. The largest absolute Gasteiger partial charge is 0.391 e. The summed E-state index contributed by atoms with van der Waals surface area (Å²) in [4.78, 5) is 6.15. The molecule has 0 aromatic carbocycles. The van der Waals surface area contributed by atoms with Gasteiger partial charge in [0.05, 0.1) is 11.7 Å². The molecule has 2 rings (SSSR count). The summed E-state index contributed by atoms with van der Waals surface area (Å²) in [5.41, 5.74) is 0.540. The molecule has 1 aromatic heterocycles. The van der Waals surface area contributed by atoms with Gasteiger partial charge in [0.25, 0.3) is 0 Å². The monoisotopic (exact) mass is 267 g/mol. The number of aliphatic hydroxyl groups is 1. The first kappa shape index (κ1) is 10.4. The minimum absolute atomic E-state index is 0.304. The number of hydrogen-bond donors (Lipinski definition) is 1. The Labute approximate surface area is 96.3 Å². The van der Waals surface area contributed by atoms with Crippen molar-refractivity contribution in [2.45, 2.75) is 12.5 Å². The van der Waals surface area contributed by atoms with E-state index in [1.54, 1.807) is 12.3 Å². The molecule has 0 spiro atoms. The van der Waals surface area contributed by atoms with Gasteiger partial charge in [0.15, 0.2) is 0 Å². The van der Waals surface area contributed by atoms with Crippen molar-refractivity contribution in [2.24, 2.45) is 0 Å². The van der Waals surface area contributed by atoms with E-state index < -0.39 is 0 Å². The van der Waals surface area contributed by atoms with Crippen LogP contribution in [0, 0.1) is 11.3 Å². The van der Waals surface area contributed by atoms with Crippen LogP contribution in [0.25, 0.3) is 0 Å². The van der Waals surface area contributed by atoms with Crippen LogP contribution in [-0.4, -0.2) is 29.3 Å². The molecule has 1 aliphatic heterocycles. The molecular weight excluding hydrogens is 258 g/mol. The van der Waals surface area contributed by atoms with Gasteiger partial charge in [-0.15, -0.1) is 0 Å². The van der Waals surface area contributed by atoms with E-state index in [1.807, 2.05) is 4.90 Å². The van der Waals surface area contributed by atoms with Gasteiger partial charge in [-0.3, -0.25) is 0 Å². The van der Waals surface area contributed by atoms with Crippen molar-refractivity contribution in [3.8, 4) is 6.07 Å². The molecule has 0 bridgehead atoms. The number of nitriles is 1. The van der Waals surface area contributed by atoms with Gasteiger partial charge in [-0.2, -0.15) is 5.26 Å². The molecule has 5 heteroatoms. The van der Waals surface area contributed by atoms with Gasteiger partial charge in [0.2, 0.25) is 0 Å². The lowest BCUT2D eigenvalue weighted by atomic mass is 10.2. The second-order valence-electron chi connectivity index (χ2n) is 3.53. The van der Waals surface area contributed by atoms with Crippen LogP contribution in [0.2, 0.25) is 0 Å². The molecule has 1 saturated heterocycles. The van der Waals surface area contributed by atoms with E-state index >= 15 is 0 Å². The highest BCUT2D eigenvalue weighted by molar-refractivity contribution is 9.10. The number of aliphatic hydroxyl groups excluding tert-OH is 1. The van der Waals surface area contributed by atoms with Crippen molar-refractivity contribution in [1.82, 2.24) is 4.98 Å². The minimum atomic E-state index is -0.304. The summed E-state index contributed by atoms with van der Waals surface area (Å²) in [6.45, 7) is 1.31. The predicted octanol–water partition coefficient (Wildman–Crippen LogP) is 1.29. The Kier molecular flexibility index (Phi) is 2.89. The maximum Gasteiger partial charge on any atom is 0.146 e. The van der Waals surface area contributed by atoms with Gasteiger partial charge >= 0.3 is 0 Å². The van der Waals surface area contributed by atoms with Crippen molar-refractivity contribution >= 4 is 21.7 Å². The van der Waals surface area contributed by atoms with Crippen LogP contribution in [0.15, 0.2) is 16.7 Å². The highest BCUT2D eigenvalue weighted by atomic mass is 79.9. The maximum absolute atomic E-state index is 9.42. The Balaban J connectivity index is 2.32. The summed E-state index contributed by atoms with van der Waals surface area (Å²) in [5, 5.41) is 18.4. The normalized spacial score (nSPS) is 20.3. The fourth-order valence-electron chi connectivity index (χ4n) is 1.70. The van der Waals surface area contributed by atoms with Crippen molar-refractivity contribution in [3.05, 3.63) is 22.3 Å². The summed E-state index contributed by atoms with van der Waals surface area (Å²) >= 11 is 3.28. The van der Waals surface area contributed by atoms with Crippen LogP contribution in [-0.2, 0) is 0 Å². The Morgan fingerprint density at radius 1 is 1.67 bits per heavy atom. The first-order valence-electron chi connectivity index (χ1n) is 4.69.